The maximum absolute atomic E-state index is 2.48. The fourth-order valence-corrected chi connectivity index (χ4v) is 3.17. The molecule has 108 valence electrons. The highest BCUT2D eigenvalue weighted by molar-refractivity contribution is 5.44. The highest BCUT2D eigenvalue weighted by Crippen LogP contribution is 2.32. The number of benzene rings is 1. The summed E-state index contributed by atoms with van der Waals surface area (Å²) in [4.78, 5) is 0. The van der Waals surface area contributed by atoms with E-state index in [-0.39, 0.29) is 5.41 Å². The Kier molecular flexibility index (Phi) is 6.10. The van der Waals surface area contributed by atoms with Gasteiger partial charge in [-0.15, -0.1) is 0 Å². The summed E-state index contributed by atoms with van der Waals surface area (Å²) in [6.07, 6.45) is 7.39. The zero-order chi connectivity index (χ0) is 14.5. The van der Waals surface area contributed by atoms with Crippen LogP contribution in [0.15, 0.2) is 12.1 Å². The number of hydrogen-bond acceptors (Lipinski definition) is 0. The molecule has 1 aromatic rings. The minimum atomic E-state index is 0.264. The molecule has 0 amide bonds. The lowest BCUT2D eigenvalue weighted by Crippen LogP contribution is -2.18. The van der Waals surface area contributed by atoms with Gasteiger partial charge in [0, 0.05) is 0 Å². The van der Waals surface area contributed by atoms with Crippen molar-refractivity contribution >= 4 is 0 Å². The lowest BCUT2D eigenvalue weighted by molar-refractivity contribution is 0.571. The Hall–Kier alpha value is -0.780. The summed E-state index contributed by atoms with van der Waals surface area (Å²) in [5.41, 5.74) is 6.63. The molecule has 0 bridgehead atoms. The molecule has 1 rings (SSSR count). The van der Waals surface area contributed by atoms with E-state index in [1.165, 1.54) is 38.5 Å². The van der Waals surface area contributed by atoms with Crippen LogP contribution in [-0.4, -0.2) is 0 Å². The third-order valence-electron chi connectivity index (χ3n) is 3.69. The molecular weight excluding hydrogens is 228 g/mol. The van der Waals surface area contributed by atoms with Gasteiger partial charge in [0.1, 0.15) is 0 Å². The Bertz CT molecular complexity index is 366. The molecule has 0 aliphatic rings. The van der Waals surface area contributed by atoms with Crippen molar-refractivity contribution in [2.45, 2.75) is 85.5 Å². The van der Waals surface area contributed by atoms with Crippen LogP contribution in [0.5, 0.6) is 0 Å². The van der Waals surface area contributed by atoms with Gasteiger partial charge in [-0.1, -0.05) is 72.9 Å². The van der Waals surface area contributed by atoms with E-state index in [1.807, 2.05) is 0 Å². The minimum absolute atomic E-state index is 0.264. The maximum Gasteiger partial charge on any atom is -0.0126 e. The normalized spacial score (nSPS) is 11.9. The van der Waals surface area contributed by atoms with Crippen LogP contribution in [0.25, 0.3) is 0 Å². The summed E-state index contributed by atoms with van der Waals surface area (Å²) >= 11 is 0. The van der Waals surface area contributed by atoms with Gasteiger partial charge >= 0.3 is 0 Å². The van der Waals surface area contributed by atoms with Crippen LogP contribution in [0, 0.1) is 0 Å². The first kappa shape index (κ1) is 16.3. The van der Waals surface area contributed by atoms with Crippen molar-refractivity contribution < 1.29 is 0 Å². The van der Waals surface area contributed by atoms with Crippen LogP contribution in [0.4, 0.5) is 0 Å². The predicted octanol–water partition coefficient (Wildman–Crippen LogP) is 5.84. The molecule has 0 aliphatic heterocycles. The van der Waals surface area contributed by atoms with Crippen molar-refractivity contribution in [3.8, 4) is 0 Å². The van der Waals surface area contributed by atoms with Crippen molar-refractivity contribution in [1.82, 2.24) is 0 Å². The molecule has 0 fully saturated rings. The van der Waals surface area contributed by atoms with Crippen LogP contribution in [-0.2, 0) is 24.7 Å². The summed E-state index contributed by atoms with van der Waals surface area (Å²) in [5, 5.41) is 0. The van der Waals surface area contributed by atoms with Crippen molar-refractivity contribution in [2.24, 2.45) is 0 Å². The fraction of sp³-hybridized carbons (Fsp3) is 0.684. The van der Waals surface area contributed by atoms with Gasteiger partial charge in [-0.2, -0.15) is 0 Å². The van der Waals surface area contributed by atoms with E-state index in [1.54, 1.807) is 22.3 Å². The number of aryl methyl sites for hydroxylation is 3. The average molecular weight is 260 g/mol. The van der Waals surface area contributed by atoms with Crippen molar-refractivity contribution in [1.29, 1.82) is 0 Å². The topological polar surface area (TPSA) is 0 Å². The van der Waals surface area contributed by atoms with Gasteiger partial charge in [0.25, 0.3) is 0 Å². The van der Waals surface area contributed by atoms with E-state index in [0.717, 1.165) is 0 Å². The van der Waals surface area contributed by atoms with Crippen LogP contribution in [0.1, 0.15) is 83.1 Å². The zero-order valence-electron chi connectivity index (χ0n) is 13.9. The molecule has 0 N–H and O–H groups in total. The first-order valence-corrected chi connectivity index (χ1v) is 8.09. The Labute approximate surface area is 120 Å². The van der Waals surface area contributed by atoms with Crippen LogP contribution in [0.2, 0.25) is 0 Å². The van der Waals surface area contributed by atoms with Crippen molar-refractivity contribution in [3.63, 3.8) is 0 Å². The summed E-state index contributed by atoms with van der Waals surface area (Å²) < 4.78 is 0. The van der Waals surface area contributed by atoms with Gasteiger partial charge in [0.15, 0.2) is 0 Å². The first-order valence-electron chi connectivity index (χ1n) is 8.09. The largest absolute Gasteiger partial charge is 0.0651 e. The molecule has 0 nitrogen and oxygen atoms in total. The Morgan fingerprint density at radius 1 is 0.737 bits per heavy atom. The van der Waals surface area contributed by atoms with E-state index in [4.69, 9.17) is 0 Å². The van der Waals surface area contributed by atoms with Crippen molar-refractivity contribution in [2.75, 3.05) is 0 Å². The smallest absolute Gasteiger partial charge is 0.0126 e. The van der Waals surface area contributed by atoms with Gasteiger partial charge in [0.2, 0.25) is 0 Å². The fourth-order valence-electron chi connectivity index (χ4n) is 3.17. The molecule has 0 aliphatic carbocycles. The second kappa shape index (κ2) is 7.12. The van der Waals surface area contributed by atoms with E-state index in [0.29, 0.717) is 0 Å². The predicted molar refractivity (Wildman–Crippen MR) is 87.1 cm³/mol. The summed E-state index contributed by atoms with van der Waals surface area (Å²) in [6.45, 7) is 13.9. The van der Waals surface area contributed by atoms with Crippen LogP contribution < -0.4 is 0 Å². The maximum atomic E-state index is 2.48. The highest BCUT2D eigenvalue weighted by atomic mass is 14.3. The Morgan fingerprint density at radius 3 is 1.47 bits per heavy atom. The second-order valence-electron chi connectivity index (χ2n) is 6.79. The van der Waals surface area contributed by atoms with Gasteiger partial charge in [0.05, 0.1) is 0 Å². The van der Waals surface area contributed by atoms with Gasteiger partial charge in [-0.3, -0.25) is 0 Å². The summed E-state index contributed by atoms with van der Waals surface area (Å²) in [5.74, 6) is 0. The molecule has 0 saturated heterocycles. The molecule has 0 heteroatoms. The van der Waals surface area contributed by atoms with Crippen LogP contribution >= 0.6 is 0 Å². The average Bonchev–Trinajstić information content (AvgIpc) is 2.28. The van der Waals surface area contributed by atoms with E-state index in [9.17, 15) is 0 Å². The van der Waals surface area contributed by atoms with Gasteiger partial charge in [-0.05, 0) is 46.9 Å². The minimum Gasteiger partial charge on any atom is -0.0651 e. The van der Waals surface area contributed by atoms with Gasteiger partial charge < -0.3 is 0 Å². The molecule has 0 unspecified atom stereocenters. The third-order valence-corrected chi connectivity index (χ3v) is 3.69. The number of hydrogen-bond donors (Lipinski definition) is 0. The molecule has 0 saturated carbocycles. The standard InChI is InChI=1S/C19H32/c1-7-10-15-13-16(11-8-2)18(19(4,5)6)17(14-15)12-9-3/h13-14H,7-12H2,1-6H3. The van der Waals surface area contributed by atoms with Crippen molar-refractivity contribution in [3.05, 3.63) is 34.4 Å². The molecule has 0 spiro atoms. The monoisotopic (exact) mass is 260 g/mol. The molecule has 19 heavy (non-hydrogen) atoms. The first-order chi connectivity index (χ1) is 8.93. The molecule has 0 atom stereocenters. The lowest BCUT2D eigenvalue weighted by Gasteiger charge is -2.27. The molecule has 0 heterocycles. The van der Waals surface area contributed by atoms with E-state index in [2.05, 4.69) is 53.7 Å². The zero-order valence-corrected chi connectivity index (χ0v) is 13.9. The SMILES string of the molecule is CCCc1cc(CCC)c(C(C)(C)C)c(CCC)c1. The Morgan fingerprint density at radius 2 is 1.16 bits per heavy atom. The molecule has 0 radical (unpaired) electrons. The quantitative estimate of drug-likeness (QED) is 0.602. The van der Waals surface area contributed by atoms with Crippen LogP contribution in [0.3, 0.4) is 0 Å². The molecule has 1 aromatic carbocycles. The Balaban J connectivity index is 3.37. The molecular formula is C19H32. The van der Waals surface area contributed by atoms with E-state index < -0.39 is 0 Å². The summed E-state index contributed by atoms with van der Waals surface area (Å²) in [7, 11) is 0. The second-order valence-corrected chi connectivity index (χ2v) is 6.79. The lowest BCUT2D eigenvalue weighted by atomic mass is 9.77. The van der Waals surface area contributed by atoms with E-state index >= 15 is 0 Å². The third kappa shape index (κ3) is 4.37. The highest BCUT2D eigenvalue weighted by Gasteiger charge is 2.21. The molecule has 0 aromatic heterocycles. The summed E-state index contributed by atoms with van der Waals surface area (Å²) in [6, 6.07) is 4.96. The number of rotatable bonds is 6. The van der Waals surface area contributed by atoms with Gasteiger partial charge in [-0.25, -0.2) is 0 Å².